The van der Waals surface area contributed by atoms with E-state index in [0.717, 1.165) is 30.8 Å². The second-order valence-electron chi connectivity index (χ2n) is 5.12. The van der Waals surface area contributed by atoms with E-state index in [1.165, 1.54) is 10.9 Å². The summed E-state index contributed by atoms with van der Waals surface area (Å²) in [5.41, 5.74) is 3.31. The minimum atomic E-state index is 0.533. The Bertz CT molecular complexity index is 633. The zero-order valence-corrected chi connectivity index (χ0v) is 12.7. The molecule has 0 aliphatic heterocycles. The molecule has 0 aliphatic carbocycles. The molecule has 0 unspecified atom stereocenters. The third-order valence-electron chi connectivity index (χ3n) is 3.48. The molecule has 4 nitrogen and oxygen atoms in total. The third-order valence-corrected chi connectivity index (χ3v) is 3.48. The van der Waals surface area contributed by atoms with Crippen molar-refractivity contribution in [3.63, 3.8) is 0 Å². The van der Waals surface area contributed by atoms with E-state index < -0.39 is 0 Å². The molecule has 2 rings (SSSR count). The molecule has 1 heterocycles. The molecule has 0 bridgehead atoms. The fourth-order valence-corrected chi connectivity index (χ4v) is 2.46. The van der Waals surface area contributed by atoms with E-state index in [0.29, 0.717) is 13.0 Å². The first-order valence-electron chi connectivity index (χ1n) is 7.18. The first-order valence-corrected chi connectivity index (χ1v) is 7.18. The van der Waals surface area contributed by atoms with Gasteiger partial charge in [-0.15, -0.1) is 0 Å². The van der Waals surface area contributed by atoms with E-state index in [4.69, 9.17) is 10.00 Å². The highest BCUT2D eigenvalue weighted by atomic mass is 16.5. The van der Waals surface area contributed by atoms with Crippen LogP contribution in [0.4, 0.5) is 0 Å². The number of aryl methyl sites for hydroxylation is 1. The maximum absolute atomic E-state index is 8.80. The van der Waals surface area contributed by atoms with Crippen LogP contribution in [0.2, 0.25) is 0 Å². The van der Waals surface area contributed by atoms with Crippen LogP contribution in [0, 0.1) is 18.3 Å². The summed E-state index contributed by atoms with van der Waals surface area (Å²) in [6.07, 6.45) is 0.533. The monoisotopic (exact) mass is 283 g/mol. The zero-order chi connectivity index (χ0) is 15.1. The smallest absolute Gasteiger partial charge is 0.0708 e. The Hall–Kier alpha value is -1.96. The molecule has 110 valence electrons. The fourth-order valence-electron chi connectivity index (χ4n) is 2.46. The lowest BCUT2D eigenvalue weighted by atomic mass is 10.1. The Morgan fingerprint density at radius 3 is 2.86 bits per heavy atom. The van der Waals surface area contributed by atoms with E-state index in [1.807, 2.05) is 25.1 Å². The van der Waals surface area contributed by atoms with Crippen molar-refractivity contribution in [3.05, 3.63) is 41.6 Å². The van der Waals surface area contributed by atoms with Gasteiger partial charge in [-0.1, -0.05) is 18.2 Å². The Morgan fingerprint density at radius 1 is 1.29 bits per heavy atom. The van der Waals surface area contributed by atoms with E-state index in [-0.39, 0.29) is 0 Å². The Kier molecular flexibility index (Phi) is 5.68. The van der Waals surface area contributed by atoms with Gasteiger partial charge in [-0.25, -0.2) is 0 Å². The summed E-state index contributed by atoms with van der Waals surface area (Å²) in [5.74, 6) is 0. The minimum Gasteiger partial charge on any atom is -0.383 e. The summed E-state index contributed by atoms with van der Waals surface area (Å²) in [4.78, 5) is 6.83. The van der Waals surface area contributed by atoms with Crippen molar-refractivity contribution in [2.75, 3.05) is 26.8 Å². The number of hydrogen-bond donors (Lipinski definition) is 0. The third kappa shape index (κ3) is 4.25. The van der Waals surface area contributed by atoms with Gasteiger partial charge in [0.05, 0.1) is 18.2 Å². The largest absolute Gasteiger partial charge is 0.383 e. The van der Waals surface area contributed by atoms with E-state index >= 15 is 0 Å². The van der Waals surface area contributed by atoms with Crippen LogP contribution in [-0.4, -0.2) is 36.7 Å². The van der Waals surface area contributed by atoms with Gasteiger partial charge in [0.25, 0.3) is 0 Å². The summed E-state index contributed by atoms with van der Waals surface area (Å²) in [6, 6.07) is 12.5. The highest BCUT2D eigenvalue weighted by Crippen LogP contribution is 2.19. The van der Waals surface area contributed by atoms with Crippen LogP contribution in [0.3, 0.4) is 0 Å². The lowest BCUT2D eigenvalue weighted by Crippen LogP contribution is -2.28. The summed E-state index contributed by atoms with van der Waals surface area (Å²) in [5, 5.41) is 9.99. The lowest BCUT2D eigenvalue weighted by Gasteiger charge is -2.21. The minimum absolute atomic E-state index is 0.533. The molecular weight excluding hydrogens is 262 g/mol. The van der Waals surface area contributed by atoms with Gasteiger partial charge >= 0.3 is 0 Å². The van der Waals surface area contributed by atoms with Gasteiger partial charge in [-0.3, -0.25) is 9.88 Å². The topological polar surface area (TPSA) is 49.1 Å². The number of hydrogen-bond acceptors (Lipinski definition) is 4. The first-order chi connectivity index (χ1) is 10.2. The van der Waals surface area contributed by atoms with E-state index in [2.05, 4.69) is 28.1 Å². The SMILES string of the molecule is COCCN(CCC#N)Cc1cc(C)nc2ccccc12. The average molecular weight is 283 g/mol. The van der Waals surface area contributed by atoms with E-state index in [9.17, 15) is 0 Å². The summed E-state index contributed by atoms with van der Waals surface area (Å²) < 4.78 is 5.16. The molecule has 21 heavy (non-hydrogen) atoms. The molecule has 2 aromatic rings. The molecule has 0 saturated carbocycles. The first kappa shape index (κ1) is 15.4. The van der Waals surface area contributed by atoms with Crippen molar-refractivity contribution in [1.29, 1.82) is 5.26 Å². The lowest BCUT2D eigenvalue weighted by molar-refractivity contribution is 0.145. The molecule has 0 spiro atoms. The predicted molar refractivity (Wildman–Crippen MR) is 83.9 cm³/mol. The Labute approximate surface area is 126 Å². The molecule has 0 aliphatic rings. The normalized spacial score (nSPS) is 11.0. The molecule has 0 amide bonds. The van der Waals surface area contributed by atoms with Crippen molar-refractivity contribution in [2.24, 2.45) is 0 Å². The number of para-hydroxylation sites is 1. The van der Waals surface area contributed by atoms with Crippen LogP contribution in [0.15, 0.2) is 30.3 Å². The highest BCUT2D eigenvalue weighted by Gasteiger charge is 2.09. The quantitative estimate of drug-likeness (QED) is 0.784. The van der Waals surface area contributed by atoms with Gasteiger partial charge in [-0.2, -0.15) is 5.26 Å². The van der Waals surface area contributed by atoms with Crippen LogP contribution < -0.4 is 0 Å². The Morgan fingerprint density at radius 2 is 2.10 bits per heavy atom. The van der Waals surface area contributed by atoms with Gasteiger partial charge in [0.2, 0.25) is 0 Å². The van der Waals surface area contributed by atoms with Crippen molar-refractivity contribution in [1.82, 2.24) is 9.88 Å². The number of aromatic nitrogens is 1. The van der Waals surface area contributed by atoms with Crippen LogP contribution >= 0.6 is 0 Å². The molecule has 0 atom stereocenters. The second-order valence-corrected chi connectivity index (χ2v) is 5.12. The van der Waals surface area contributed by atoms with Crippen molar-refractivity contribution < 1.29 is 4.74 Å². The summed E-state index contributed by atoms with van der Waals surface area (Å²) >= 11 is 0. The van der Waals surface area contributed by atoms with Gasteiger partial charge in [0.15, 0.2) is 0 Å². The number of ether oxygens (including phenoxy) is 1. The number of pyridine rings is 1. The van der Waals surface area contributed by atoms with E-state index in [1.54, 1.807) is 7.11 Å². The van der Waals surface area contributed by atoms with Gasteiger partial charge < -0.3 is 4.74 Å². The van der Waals surface area contributed by atoms with Crippen molar-refractivity contribution in [3.8, 4) is 6.07 Å². The fraction of sp³-hybridized carbons (Fsp3) is 0.412. The van der Waals surface area contributed by atoms with Crippen LogP contribution in [0.25, 0.3) is 10.9 Å². The number of nitrogens with zero attached hydrogens (tertiary/aromatic N) is 3. The van der Waals surface area contributed by atoms with Gasteiger partial charge in [0.1, 0.15) is 0 Å². The number of fused-ring (bicyclic) bond motifs is 1. The molecular formula is C17H21N3O. The molecule has 0 fully saturated rings. The van der Waals surface area contributed by atoms with Crippen LogP contribution in [-0.2, 0) is 11.3 Å². The van der Waals surface area contributed by atoms with Crippen LogP contribution in [0.1, 0.15) is 17.7 Å². The van der Waals surface area contributed by atoms with Gasteiger partial charge in [-0.05, 0) is 24.6 Å². The standard InChI is InChI=1S/C17H21N3O/c1-14-12-15(16-6-3-4-7-17(16)19-14)13-20(9-5-8-18)10-11-21-2/h3-4,6-7,12H,5,9-11,13H2,1-2H3. The highest BCUT2D eigenvalue weighted by molar-refractivity contribution is 5.82. The molecule has 1 aromatic carbocycles. The maximum atomic E-state index is 8.80. The van der Waals surface area contributed by atoms with Crippen LogP contribution in [0.5, 0.6) is 0 Å². The molecule has 0 saturated heterocycles. The molecule has 0 N–H and O–H groups in total. The summed E-state index contributed by atoms with van der Waals surface area (Å²) in [7, 11) is 1.70. The predicted octanol–water partition coefficient (Wildman–Crippen LogP) is 2.91. The average Bonchev–Trinajstić information content (AvgIpc) is 2.49. The summed E-state index contributed by atoms with van der Waals surface area (Å²) in [6.45, 7) is 5.09. The Balaban J connectivity index is 2.24. The second kappa shape index (κ2) is 7.72. The number of nitriles is 1. The number of methoxy groups -OCH3 is 1. The molecule has 0 radical (unpaired) electrons. The van der Waals surface area contributed by atoms with Crippen molar-refractivity contribution in [2.45, 2.75) is 19.9 Å². The number of rotatable bonds is 7. The molecule has 4 heteroatoms. The molecule has 1 aromatic heterocycles. The maximum Gasteiger partial charge on any atom is 0.0708 e. The number of benzene rings is 1. The van der Waals surface area contributed by atoms with Gasteiger partial charge in [0, 0.05) is 44.2 Å². The van der Waals surface area contributed by atoms with Crippen molar-refractivity contribution >= 4 is 10.9 Å². The zero-order valence-electron chi connectivity index (χ0n) is 12.7.